The summed E-state index contributed by atoms with van der Waals surface area (Å²) in [4.78, 5) is 0. The van der Waals surface area contributed by atoms with E-state index in [1.165, 1.54) is 5.10 Å². The largest absolute Gasteiger partial charge is 0.435 e. The van der Waals surface area contributed by atoms with E-state index in [1.807, 2.05) is 0 Å². The van der Waals surface area contributed by atoms with Crippen molar-refractivity contribution < 1.29 is 26.3 Å². The molecule has 0 spiro atoms. The van der Waals surface area contributed by atoms with Crippen LogP contribution in [0.2, 0.25) is 0 Å². The van der Waals surface area contributed by atoms with Crippen molar-refractivity contribution >= 4 is 0 Å². The molecular weight excluding hydrogens is 214 g/mol. The Morgan fingerprint density at radius 3 is 1.71 bits per heavy atom. The molecule has 0 saturated heterocycles. The van der Waals surface area contributed by atoms with E-state index in [0.29, 0.717) is 0 Å². The Labute approximate surface area is 73.9 Å². The van der Waals surface area contributed by atoms with Gasteiger partial charge < -0.3 is 0 Å². The third-order valence-corrected chi connectivity index (χ3v) is 1.56. The summed E-state index contributed by atoms with van der Waals surface area (Å²) in [5.74, 6) is 0. The second-order valence-electron chi connectivity index (χ2n) is 2.57. The van der Waals surface area contributed by atoms with Crippen LogP contribution in [0.1, 0.15) is 17.0 Å². The zero-order valence-corrected chi connectivity index (χ0v) is 6.72. The van der Waals surface area contributed by atoms with Gasteiger partial charge in [0.15, 0.2) is 5.69 Å². The lowest BCUT2D eigenvalue weighted by molar-refractivity contribution is -0.143. The van der Waals surface area contributed by atoms with Gasteiger partial charge in [-0.05, 0) is 6.92 Å². The van der Waals surface area contributed by atoms with E-state index in [0.717, 1.165) is 6.92 Å². The van der Waals surface area contributed by atoms with Crippen LogP contribution in [0.3, 0.4) is 0 Å². The number of hydrogen-bond donors (Lipinski definition) is 1. The highest BCUT2D eigenvalue weighted by Crippen LogP contribution is 2.36. The van der Waals surface area contributed by atoms with Gasteiger partial charge in [0.2, 0.25) is 0 Å². The summed E-state index contributed by atoms with van der Waals surface area (Å²) in [6.45, 7) is 0.717. The molecule has 0 saturated carbocycles. The number of rotatable bonds is 0. The highest BCUT2D eigenvalue weighted by Gasteiger charge is 2.42. The van der Waals surface area contributed by atoms with Crippen molar-refractivity contribution in [3.63, 3.8) is 0 Å². The fourth-order valence-electron chi connectivity index (χ4n) is 0.950. The number of aromatic amines is 1. The minimum absolute atomic E-state index is 0.717. The smallest absolute Gasteiger partial charge is 0.273 e. The Kier molecular flexibility index (Phi) is 2.24. The minimum atomic E-state index is -4.87. The highest BCUT2D eigenvalue weighted by atomic mass is 19.4. The third kappa shape index (κ3) is 1.83. The zero-order chi connectivity index (χ0) is 11.1. The van der Waals surface area contributed by atoms with Crippen LogP contribution in [0.5, 0.6) is 0 Å². The number of nitrogens with zero attached hydrogens (tertiary/aromatic N) is 1. The molecule has 0 fully saturated rings. The Bertz CT molecular complexity index is 302. The normalized spacial score (nSPS) is 13.4. The summed E-state index contributed by atoms with van der Waals surface area (Å²) in [6, 6.07) is 0. The van der Waals surface area contributed by atoms with Crippen molar-refractivity contribution in [3.8, 4) is 0 Å². The van der Waals surface area contributed by atoms with Crippen LogP contribution in [-0.4, -0.2) is 10.2 Å². The molecule has 0 aliphatic carbocycles. The Balaban J connectivity index is 3.23. The molecule has 0 bridgehead atoms. The van der Waals surface area contributed by atoms with Crippen molar-refractivity contribution in [2.24, 2.45) is 0 Å². The standard InChI is InChI=1S/C6H4F6N2/c1-2-3(5(7,8)9)13-14-4(2)6(10,11)12/h1H3,(H,13,14). The monoisotopic (exact) mass is 218 g/mol. The topological polar surface area (TPSA) is 28.7 Å². The van der Waals surface area contributed by atoms with Gasteiger partial charge in [0.1, 0.15) is 5.69 Å². The minimum Gasteiger partial charge on any atom is -0.273 e. The van der Waals surface area contributed by atoms with Gasteiger partial charge in [-0.2, -0.15) is 31.4 Å². The zero-order valence-electron chi connectivity index (χ0n) is 6.72. The van der Waals surface area contributed by atoms with E-state index in [2.05, 4.69) is 5.10 Å². The number of nitrogens with one attached hydrogen (secondary N) is 1. The fraction of sp³-hybridized carbons (Fsp3) is 0.500. The van der Waals surface area contributed by atoms with Gasteiger partial charge in [-0.3, -0.25) is 5.10 Å². The van der Waals surface area contributed by atoms with Crippen molar-refractivity contribution in [1.29, 1.82) is 0 Å². The fourth-order valence-corrected chi connectivity index (χ4v) is 0.950. The van der Waals surface area contributed by atoms with Crippen LogP contribution in [0.15, 0.2) is 0 Å². The summed E-state index contributed by atoms with van der Waals surface area (Å²) in [5.41, 5.74) is -3.94. The lowest BCUT2D eigenvalue weighted by atomic mass is 10.2. The number of H-pyrrole nitrogens is 1. The number of aromatic nitrogens is 2. The lowest BCUT2D eigenvalue weighted by Crippen LogP contribution is -2.10. The van der Waals surface area contributed by atoms with Crippen molar-refractivity contribution in [2.75, 3.05) is 0 Å². The molecule has 0 atom stereocenters. The van der Waals surface area contributed by atoms with Crippen molar-refractivity contribution in [1.82, 2.24) is 10.2 Å². The summed E-state index contributed by atoms with van der Waals surface area (Å²) in [6.07, 6.45) is -9.72. The molecule has 8 heteroatoms. The molecule has 0 aliphatic heterocycles. The first-order chi connectivity index (χ1) is 6.14. The van der Waals surface area contributed by atoms with Gasteiger partial charge in [0.25, 0.3) is 0 Å². The summed E-state index contributed by atoms with van der Waals surface area (Å²) < 4.78 is 72.0. The Morgan fingerprint density at radius 1 is 1.00 bits per heavy atom. The average Bonchev–Trinajstić information content (AvgIpc) is 2.26. The van der Waals surface area contributed by atoms with Crippen LogP contribution in [-0.2, 0) is 12.4 Å². The molecule has 0 radical (unpaired) electrons. The first-order valence-corrected chi connectivity index (χ1v) is 3.33. The summed E-state index contributed by atoms with van der Waals surface area (Å²) >= 11 is 0. The Morgan fingerprint density at radius 2 is 1.50 bits per heavy atom. The molecule has 0 aliphatic rings. The van der Waals surface area contributed by atoms with Gasteiger partial charge in [-0.15, -0.1) is 0 Å². The maximum atomic E-state index is 12.0. The van der Waals surface area contributed by atoms with E-state index in [4.69, 9.17) is 0 Å². The van der Waals surface area contributed by atoms with Gasteiger partial charge in [-0.25, -0.2) is 0 Å². The summed E-state index contributed by atoms with van der Waals surface area (Å²) in [7, 11) is 0. The van der Waals surface area contributed by atoms with E-state index in [1.54, 1.807) is 0 Å². The molecule has 80 valence electrons. The van der Waals surface area contributed by atoms with Crippen LogP contribution in [0, 0.1) is 6.92 Å². The molecule has 1 aromatic rings. The van der Waals surface area contributed by atoms with Crippen LogP contribution < -0.4 is 0 Å². The molecule has 1 aromatic heterocycles. The number of hydrogen-bond acceptors (Lipinski definition) is 1. The SMILES string of the molecule is Cc1c(C(F)(F)F)n[nH]c1C(F)(F)F. The first-order valence-electron chi connectivity index (χ1n) is 3.33. The van der Waals surface area contributed by atoms with Crippen molar-refractivity contribution in [2.45, 2.75) is 19.3 Å². The van der Waals surface area contributed by atoms with E-state index in [-0.39, 0.29) is 0 Å². The number of alkyl halides is 6. The van der Waals surface area contributed by atoms with Gasteiger partial charge in [-0.1, -0.05) is 0 Å². The maximum Gasteiger partial charge on any atom is 0.435 e. The van der Waals surface area contributed by atoms with E-state index in [9.17, 15) is 26.3 Å². The lowest BCUT2D eigenvalue weighted by Gasteiger charge is -2.05. The second kappa shape index (κ2) is 2.89. The molecule has 2 nitrogen and oxygen atoms in total. The molecule has 0 aromatic carbocycles. The molecule has 0 amide bonds. The predicted octanol–water partition coefficient (Wildman–Crippen LogP) is 2.76. The van der Waals surface area contributed by atoms with Crippen LogP contribution >= 0.6 is 0 Å². The Hall–Kier alpha value is -1.21. The van der Waals surface area contributed by atoms with Gasteiger partial charge in [0.05, 0.1) is 0 Å². The van der Waals surface area contributed by atoms with Gasteiger partial charge in [0, 0.05) is 5.56 Å². The quantitative estimate of drug-likeness (QED) is 0.666. The highest BCUT2D eigenvalue weighted by molar-refractivity contribution is 5.27. The average molecular weight is 218 g/mol. The van der Waals surface area contributed by atoms with Crippen LogP contribution in [0.25, 0.3) is 0 Å². The number of halogens is 6. The summed E-state index contributed by atoms with van der Waals surface area (Å²) in [5, 5.41) is 3.91. The molecule has 14 heavy (non-hydrogen) atoms. The maximum absolute atomic E-state index is 12.0. The molecule has 0 unspecified atom stereocenters. The third-order valence-electron chi connectivity index (χ3n) is 1.56. The molecule has 1 N–H and O–H groups in total. The first kappa shape index (κ1) is 10.9. The van der Waals surface area contributed by atoms with E-state index >= 15 is 0 Å². The second-order valence-corrected chi connectivity index (χ2v) is 2.57. The van der Waals surface area contributed by atoms with Crippen molar-refractivity contribution in [3.05, 3.63) is 17.0 Å². The van der Waals surface area contributed by atoms with E-state index < -0.39 is 29.3 Å². The predicted molar refractivity (Wildman–Crippen MR) is 33.3 cm³/mol. The molecular formula is C6H4F6N2. The van der Waals surface area contributed by atoms with Gasteiger partial charge >= 0.3 is 12.4 Å². The molecule has 1 heterocycles. The van der Waals surface area contributed by atoms with Crippen LogP contribution in [0.4, 0.5) is 26.3 Å². The molecule has 1 rings (SSSR count).